The van der Waals surface area contributed by atoms with Gasteiger partial charge in [0.05, 0.1) is 17.5 Å². The highest BCUT2D eigenvalue weighted by Crippen LogP contribution is 2.38. The number of carbonyl (C=O) groups excluding carboxylic acids is 1. The van der Waals surface area contributed by atoms with Crippen molar-refractivity contribution in [2.75, 3.05) is 18.4 Å². The SMILES string of the molecule is Cc1sc2nc(CN3CCCC3)n(CC(=O)Nc3sc4c(c3C#N)CCC4)c(=O)c2c1C. The summed E-state index contributed by atoms with van der Waals surface area (Å²) in [6.45, 7) is 6.35. The van der Waals surface area contributed by atoms with Gasteiger partial charge in [0.25, 0.3) is 5.56 Å². The molecule has 0 aromatic carbocycles. The molecule has 2 aliphatic rings. The van der Waals surface area contributed by atoms with Crippen LogP contribution in [0.15, 0.2) is 4.79 Å². The molecule has 1 saturated heterocycles. The zero-order valence-electron chi connectivity index (χ0n) is 18.3. The van der Waals surface area contributed by atoms with Crippen LogP contribution in [0.2, 0.25) is 0 Å². The van der Waals surface area contributed by atoms with Crippen LogP contribution in [0.4, 0.5) is 5.00 Å². The monoisotopic (exact) mass is 467 g/mol. The molecule has 0 unspecified atom stereocenters. The highest BCUT2D eigenvalue weighted by atomic mass is 32.1. The minimum atomic E-state index is -0.294. The van der Waals surface area contributed by atoms with Gasteiger partial charge in [-0.1, -0.05) is 0 Å². The number of likely N-dealkylation sites (tertiary alicyclic amines) is 1. The second kappa shape index (κ2) is 8.43. The van der Waals surface area contributed by atoms with E-state index in [0.717, 1.165) is 66.0 Å². The number of rotatable bonds is 5. The molecule has 9 heteroatoms. The van der Waals surface area contributed by atoms with E-state index in [9.17, 15) is 14.9 Å². The molecule has 3 aromatic heterocycles. The maximum Gasteiger partial charge on any atom is 0.263 e. The number of amides is 1. The van der Waals surface area contributed by atoms with Crippen molar-refractivity contribution < 1.29 is 4.79 Å². The maximum atomic E-state index is 13.5. The Hall–Kier alpha value is -2.54. The highest BCUT2D eigenvalue weighted by molar-refractivity contribution is 7.18. The van der Waals surface area contributed by atoms with Crippen LogP contribution in [0.25, 0.3) is 10.2 Å². The summed E-state index contributed by atoms with van der Waals surface area (Å²) in [5, 5.41) is 13.7. The van der Waals surface area contributed by atoms with Gasteiger partial charge in [0.15, 0.2) is 0 Å². The number of thiophene rings is 2. The van der Waals surface area contributed by atoms with Crippen LogP contribution in [-0.4, -0.2) is 33.4 Å². The Bertz CT molecular complexity index is 1320. The largest absolute Gasteiger partial charge is 0.315 e. The number of aryl methyl sites for hydroxylation is 3. The average Bonchev–Trinajstić information content (AvgIpc) is 3.52. The third kappa shape index (κ3) is 3.66. The van der Waals surface area contributed by atoms with E-state index in [1.54, 1.807) is 0 Å². The Morgan fingerprint density at radius 1 is 1.19 bits per heavy atom. The van der Waals surface area contributed by atoms with Crippen molar-refractivity contribution >= 4 is 43.8 Å². The molecule has 0 bridgehead atoms. The molecular formula is C23H25N5O2S2. The third-order valence-corrected chi connectivity index (χ3v) is 8.83. The third-order valence-electron chi connectivity index (χ3n) is 6.52. The first-order chi connectivity index (χ1) is 15.5. The van der Waals surface area contributed by atoms with Gasteiger partial charge >= 0.3 is 0 Å². The van der Waals surface area contributed by atoms with Gasteiger partial charge in [0.2, 0.25) is 5.91 Å². The molecule has 0 spiro atoms. The van der Waals surface area contributed by atoms with E-state index in [2.05, 4.69) is 16.3 Å². The van der Waals surface area contributed by atoms with E-state index in [4.69, 9.17) is 4.98 Å². The standard InChI is InChI=1S/C23H25N5O2S2/c1-13-14(2)31-22-20(13)23(30)28(18(25-22)11-27-8-3-4-9-27)12-19(29)26-21-16(10-24)15-6-5-7-17(15)32-21/h3-9,11-12H2,1-2H3,(H,26,29). The average molecular weight is 468 g/mol. The lowest BCUT2D eigenvalue weighted by molar-refractivity contribution is -0.116. The number of carbonyl (C=O) groups is 1. The van der Waals surface area contributed by atoms with Crippen molar-refractivity contribution in [2.45, 2.75) is 59.0 Å². The lowest BCUT2D eigenvalue weighted by atomic mass is 10.1. The van der Waals surface area contributed by atoms with Crippen LogP contribution < -0.4 is 10.9 Å². The van der Waals surface area contributed by atoms with Crippen LogP contribution >= 0.6 is 22.7 Å². The molecular weight excluding hydrogens is 442 g/mol. The van der Waals surface area contributed by atoms with Crippen LogP contribution in [0.5, 0.6) is 0 Å². The van der Waals surface area contributed by atoms with Gasteiger partial charge < -0.3 is 5.32 Å². The molecule has 7 nitrogen and oxygen atoms in total. The minimum Gasteiger partial charge on any atom is -0.315 e. The second-order valence-corrected chi connectivity index (χ2v) is 10.9. The number of aromatic nitrogens is 2. The smallest absolute Gasteiger partial charge is 0.263 e. The maximum absolute atomic E-state index is 13.5. The van der Waals surface area contributed by atoms with E-state index < -0.39 is 0 Å². The number of anilines is 1. The summed E-state index contributed by atoms with van der Waals surface area (Å²) >= 11 is 3.03. The van der Waals surface area contributed by atoms with Crippen LogP contribution in [0, 0.1) is 25.2 Å². The Morgan fingerprint density at radius 2 is 1.97 bits per heavy atom. The first kappa shape index (κ1) is 21.3. The Labute approximate surface area is 194 Å². The van der Waals surface area contributed by atoms with Crippen molar-refractivity contribution in [2.24, 2.45) is 0 Å². The van der Waals surface area contributed by atoms with Gasteiger partial charge in [-0.3, -0.25) is 19.1 Å². The number of nitrogens with zero attached hydrogens (tertiary/aromatic N) is 4. The molecule has 0 radical (unpaired) electrons. The van der Waals surface area contributed by atoms with Crippen molar-refractivity contribution in [3.63, 3.8) is 0 Å². The summed E-state index contributed by atoms with van der Waals surface area (Å²) in [7, 11) is 0. The quantitative estimate of drug-likeness (QED) is 0.617. The van der Waals surface area contributed by atoms with Crippen molar-refractivity contribution in [1.82, 2.24) is 14.5 Å². The summed E-state index contributed by atoms with van der Waals surface area (Å²) in [4.78, 5) is 36.6. The van der Waals surface area contributed by atoms with Crippen molar-refractivity contribution in [3.05, 3.63) is 42.6 Å². The number of hydrogen-bond donors (Lipinski definition) is 1. The fourth-order valence-corrected chi connectivity index (χ4v) is 7.01. The normalized spacial score (nSPS) is 15.9. The fourth-order valence-electron chi connectivity index (χ4n) is 4.71. The van der Waals surface area contributed by atoms with E-state index >= 15 is 0 Å². The highest BCUT2D eigenvalue weighted by Gasteiger charge is 2.25. The summed E-state index contributed by atoms with van der Waals surface area (Å²) in [6.07, 6.45) is 5.20. The summed E-state index contributed by atoms with van der Waals surface area (Å²) < 4.78 is 1.53. The van der Waals surface area contributed by atoms with Crippen molar-refractivity contribution in [1.29, 1.82) is 5.26 Å². The lowest BCUT2D eigenvalue weighted by Crippen LogP contribution is -2.33. The lowest BCUT2D eigenvalue weighted by Gasteiger charge is -2.18. The van der Waals surface area contributed by atoms with Gasteiger partial charge in [0.1, 0.15) is 28.3 Å². The molecule has 32 heavy (non-hydrogen) atoms. The molecule has 1 aliphatic carbocycles. The zero-order chi connectivity index (χ0) is 22.4. The number of nitrogens with one attached hydrogen (secondary N) is 1. The summed E-state index contributed by atoms with van der Waals surface area (Å²) in [6, 6.07) is 2.26. The number of fused-ring (bicyclic) bond motifs is 2. The molecule has 0 atom stereocenters. The topological polar surface area (TPSA) is 91.0 Å². The predicted molar refractivity (Wildman–Crippen MR) is 128 cm³/mol. The molecule has 0 saturated carbocycles. The summed E-state index contributed by atoms with van der Waals surface area (Å²) in [5.74, 6) is 0.340. The van der Waals surface area contributed by atoms with Crippen LogP contribution in [-0.2, 0) is 30.7 Å². The van der Waals surface area contributed by atoms with Crippen LogP contribution in [0.1, 0.15) is 51.5 Å². The molecule has 4 heterocycles. The van der Waals surface area contributed by atoms with Gasteiger partial charge in [-0.2, -0.15) is 5.26 Å². The fraction of sp³-hybridized carbons (Fsp3) is 0.478. The molecule has 166 valence electrons. The van der Waals surface area contributed by atoms with Gasteiger partial charge in [-0.15, -0.1) is 22.7 Å². The van der Waals surface area contributed by atoms with Crippen molar-refractivity contribution in [3.8, 4) is 6.07 Å². The number of nitriles is 1. The number of hydrogen-bond acceptors (Lipinski definition) is 7. The molecule has 1 aliphatic heterocycles. The Kier molecular flexibility index (Phi) is 5.61. The molecule has 1 N–H and O–H groups in total. The zero-order valence-corrected chi connectivity index (χ0v) is 19.9. The van der Waals surface area contributed by atoms with E-state index in [-0.39, 0.29) is 18.0 Å². The van der Waals surface area contributed by atoms with E-state index in [1.807, 2.05) is 13.8 Å². The van der Waals surface area contributed by atoms with Crippen LogP contribution in [0.3, 0.4) is 0 Å². The summed E-state index contributed by atoms with van der Waals surface area (Å²) in [5.41, 5.74) is 2.44. The predicted octanol–water partition coefficient (Wildman–Crippen LogP) is 3.73. The molecule has 3 aromatic rings. The van der Waals surface area contributed by atoms with E-state index in [1.165, 1.54) is 32.1 Å². The van der Waals surface area contributed by atoms with Gasteiger partial charge in [-0.25, -0.2) is 4.98 Å². The second-order valence-electron chi connectivity index (χ2n) is 8.59. The first-order valence-electron chi connectivity index (χ1n) is 11.0. The first-order valence-corrected chi connectivity index (χ1v) is 12.7. The molecule has 5 rings (SSSR count). The molecule has 1 fully saturated rings. The Morgan fingerprint density at radius 3 is 2.72 bits per heavy atom. The van der Waals surface area contributed by atoms with E-state index in [0.29, 0.717) is 28.3 Å². The van der Waals surface area contributed by atoms with Gasteiger partial charge in [0, 0.05) is 9.75 Å². The molecule has 1 amide bonds. The Balaban J connectivity index is 1.49. The van der Waals surface area contributed by atoms with Gasteiger partial charge in [-0.05, 0) is 70.2 Å². The minimum absolute atomic E-state index is 0.104.